The van der Waals surface area contributed by atoms with Crippen LogP contribution in [0, 0.1) is 5.82 Å². The van der Waals surface area contributed by atoms with Gasteiger partial charge in [-0.05, 0) is 18.2 Å². The van der Waals surface area contributed by atoms with E-state index in [2.05, 4.69) is 4.98 Å². The number of ether oxygens (including phenoxy) is 1. The van der Waals surface area contributed by atoms with Crippen LogP contribution < -0.4 is 5.56 Å². The molecule has 1 aromatic carbocycles. The third-order valence-corrected chi connectivity index (χ3v) is 3.71. The number of aliphatic carboxylic acids is 1. The number of pyridine rings is 1. The van der Waals surface area contributed by atoms with Gasteiger partial charge in [-0.2, -0.15) is 0 Å². The van der Waals surface area contributed by atoms with E-state index in [4.69, 9.17) is 4.74 Å². The molecule has 2 N–H and O–H groups in total. The van der Waals surface area contributed by atoms with Gasteiger partial charge >= 0.3 is 5.97 Å². The molecule has 1 atom stereocenters. The topological polar surface area (TPSA) is 99.7 Å². The van der Waals surface area contributed by atoms with E-state index in [9.17, 15) is 23.9 Å². The van der Waals surface area contributed by atoms with Crippen molar-refractivity contribution in [1.82, 2.24) is 9.88 Å². The monoisotopic (exact) mass is 320 g/mol. The van der Waals surface area contributed by atoms with Crippen molar-refractivity contribution < 1.29 is 23.8 Å². The number of aromatic amines is 1. The fourth-order valence-electron chi connectivity index (χ4n) is 2.62. The Bertz CT molecular complexity index is 847. The van der Waals surface area contributed by atoms with Crippen LogP contribution in [0.3, 0.4) is 0 Å². The standard InChI is InChI=1S/C15H13FN2O5/c16-8-1-2-9-10(6-13(19)17-11(9)5-8)14(20)18-3-4-23-7-12(18)15(21)22/h1-2,5-6,12H,3-4,7H2,(H,17,19)(H,21,22)/t12-/m0/s1. The number of halogens is 1. The molecule has 8 heteroatoms. The highest BCUT2D eigenvalue weighted by atomic mass is 19.1. The Hall–Kier alpha value is -2.74. The normalized spacial score (nSPS) is 18.1. The summed E-state index contributed by atoms with van der Waals surface area (Å²) in [4.78, 5) is 39.4. The number of carbonyl (C=O) groups is 2. The molecule has 23 heavy (non-hydrogen) atoms. The van der Waals surface area contributed by atoms with E-state index in [0.29, 0.717) is 5.39 Å². The molecule has 3 rings (SSSR count). The lowest BCUT2D eigenvalue weighted by Gasteiger charge is -2.33. The predicted molar refractivity (Wildman–Crippen MR) is 77.8 cm³/mol. The summed E-state index contributed by atoms with van der Waals surface area (Å²) in [6.07, 6.45) is 0. The molecule has 0 saturated carbocycles. The molecule has 1 aliphatic heterocycles. The minimum absolute atomic E-state index is 0.0388. The van der Waals surface area contributed by atoms with Crippen LogP contribution in [-0.2, 0) is 9.53 Å². The van der Waals surface area contributed by atoms with Gasteiger partial charge < -0.3 is 19.7 Å². The van der Waals surface area contributed by atoms with Gasteiger partial charge in [-0.1, -0.05) is 0 Å². The number of carbonyl (C=O) groups excluding carboxylic acids is 1. The van der Waals surface area contributed by atoms with Crippen molar-refractivity contribution >= 4 is 22.8 Å². The quantitative estimate of drug-likeness (QED) is 0.844. The Morgan fingerprint density at radius 2 is 2.13 bits per heavy atom. The zero-order valence-corrected chi connectivity index (χ0v) is 11.9. The van der Waals surface area contributed by atoms with Crippen LogP contribution in [-0.4, -0.2) is 52.7 Å². The number of H-pyrrole nitrogens is 1. The SMILES string of the molecule is O=C(O)[C@@H]1COCCN1C(=O)c1cc(=O)[nH]c2cc(F)ccc12. The Morgan fingerprint density at radius 3 is 2.87 bits per heavy atom. The van der Waals surface area contributed by atoms with Gasteiger partial charge in [0.15, 0.2) is 6.04 Å². The summed E-state index contributed by atoms with van der Waals surface area (Å²) in [5, 5.41) is 9.57. The van der Waals surface area contributed by atoms with Crippen molar-refractivity contribution in [3.05, 3.63) is 46.0 Å². The number of rotatable bonds is 2. The molecule has 0 spiro atoms. The second kappa shape index (κ2) is 5.81. The van der Waals surface area contributed by atoms with Gasteiger partial charge in [-0.15, -0.1) is 0 Å². The highest BCUT2D eigenvalue weighted by Gasteiger charge is 2.34. The summed E-state index contributed by atoms with van der Waals surface area (Å²) < 4.78 is 18.4. The van der Waals surface area contributed by atoms with E-state index >= 15 is 0 Å². The molecule has 0 aliphatic carbocycles. The van der Waals surface area contributed by atoms with Crippen LogP contribution in [0.5, 0.6) is 0 Å². The van der Waals surface area contributed by atoms with Crippen LogP contribution in [0.2, 0.25) is 0 Å². The Kier molecular flexibility index (Phi) is 3.83. The third kappa shape index (κ3) is 2.80. The number of nitrogens with one attached hydrogen (secondary N) is 1. The van der Waals surface area contributed by atoms with Crippen LogP contribution >= 0.6 is 0 Å². The molecule has 0 bridgehead atoms. The molecule has 1 aliphatic rings. The lowest BCUT2D eigenvalue weighted by molar-refractivity contribution is -0.147. The van der Waals surface area contributed by atoms with Crippen LogP contribution in [0.1, 0.15) is 10.4 Å². The highest BCUT2D eigenvalue weighted by molar-refractivity contribution is 6.07. The molecule has 1 aromatic heterocycles. The number of hydrogen-bond donors (Lipinski definition) is 2. The summed E-state index contributed by atoms with van der Waals surface area (Å²) in [6.45, 7) is 0.202. The fourth-order valence-corrected chi connectivity index (χ4v) is 2.62. The molecule has 1 amide bonds. The Balaban J connectivity index is 2.10. The van der Waals surface area contributed by atoms with Crippen molar-refractivity contribution in [3.63, 3.8) is 0 Å². The van der Waals surface area contributed by atoms with Gasteiger partial charge in [-0.25, -0.2) is 9.18 Å². The first-order valence-electron chi connectivity index (χ1n) is 6.91. The lowest BCUT2D eigenvalue weighted by Crippen LogP contribution is -2.52. The summed E-state index contributed by atoms with van der Waals surface area (Å²) in [7, 11) is 0. The molecule has 120 valence electrons. The van der Waals surface area contributed by atoms with Crippen LogP contribution in [0.15, 0.2) is 29.1 Å². The molecule has 1 fully saturated rings. The summed E-state index contributed by atoms with van der Waals surface area (Å²) in [5.74, 6) is -2.32. The van der Waals surface area contributed by atoms with E-state index < -0.39 is 29.3 Å². The maximum atomic E-state index is 13.3. The summed E-state index contributed by atoms with van der Waals surface area (Å²) in [6, 6.07) is 3.64. The number of carboxylic acids is 1. The zero-order chi connectivity index (χ0) is 16.6. The van der Waals surface area contributed by atoms with Crippen LogP contribution in [0.4, 0.5) is 4.39 Å². The summed E-state index contributed by atoms with van der Waals surface area (Å²) in [5.41, 5.74) is -0.343. The molecular formula is C15H13FN2O5. The number of amides is 1. The molecular weight excluding hydrogens is 307 g/mol. The van der Waals surface area contributed by atoms with E-state index in [-0.39, 0.29) is 30.8 Å². The van der Waals surface area contributed by atoms with Crippen molar-refractivity contribution in [1.29, 1.82) is 0 Å². The number of aromatic nitrogens is 1. The first-order chi connectivity index (χ1) is 11.0. The van der Waals surface area contributed by atoms with Crippen molar-refractivity contribution in [2.45, 2.75) is 6.04 Å². The van der Waals surface area contributed by atoms with Gasteiger partial charge in [0.2, 0.25) is 5.56 Å². The van der Waals surface area contributed by atoms with Gasteiger partial charge in [-0.3, -0.25) is 9.59 Å². The van der Waals surface area contributed by atoms with Gasteiger partial charge in [0.05, 0.1) is 24.3 Å². The van der Waals surface area contributed by atoms with E-state index in [1.165, 1.54) is 12.1 Å². The molecule has 0 unspecified atom stereocenters. The Labute approximate surface area is 129 Å². The Morgan fingerprint density at radius 1 is 1.35 bits per heavy atom. The lowest BCUT2D eigenvalue weighted by atomic mass is 10.1. The summed E-state index contributed by atoms with van der Waals surface area (Å²) >= 11 is 0. The van der Waals surface area contributed by atoms with E-state index in [0.717, 1.165) is 17.0 Å². The smallest absolute Gasteiger partial charge is 0.328 e. The average Bonchev–Trinajstić information content (AvgIpc) is 2.52. The molecule has 2 aromatic rings. The number of morpholine rings is 1. The molecule has 2 heterocycles. The fraction of sp³-hybridized carbons (Fsp3) is 0.267. The maximum Gasteiger partial charge on any atom is 0.328 e. The number of fused-ring (bicyclic) bond motifs is 1. The van der Waals surface area contributed by atoms with Gasteiger partial charge in [0.1, 0.15) is 5.82 Å². The second-order valence-corrected chi connectivity index (χ2v) is 5.16. The van der Waals surface area contributed by atoms with Crippen molar-refractivity contribution in [2.75, 3.05) is 19.8 Å². The number of benzene rings is 1. The first-order valence-corrected chi connectivity index (χ1v) is 6.91. The third-order valence-electron chi connectivity index (χ3n) is 3.71. The minimum atomic E-state index is -1.18. The van der Waals surface area contributed by atoms with Gasteiger partial charge in [0.25, 0.3) is 5.91 Å². The van der Waals surface area contributed by atoms with Crippen LogP contribution in [0.25, 0.3) is 10.9 Å². The first kappa shape index (κ1) is 15.2. The second-order valence-electron chi connectivity index (χ2n) is 5.16. The van der Waals surface area contributed by atoms with E-state index in [1.54, 1.807) is 0 Å². The predicted octanol–water partition coefficient (Wildman–Crippen LogP) is 0.593. The zero-order valence-electron chi connectivity index (χ0n) is 11.9. The molecule has 0 radical (unpaired) electrons. The minimum Gasteiger partial charge on any atom is -0.480 e. The van der Waals surface area contributed by atoms with E-state index in [1.807, 2.05) is 0 Å². The average molecular weight is 320 g/mol. The van der Waals surface area contributed by atoms with Crippen molar-refractivity contribution in [2.24, 2.45) is 0 Å². The van der Waals surface area contributed by atoms with Gasteiger partial charge in [0, 0.05) is 18.0 Å². The number of hydrogen-bond acceptors (Lipinski definition) is 4. The molecule has 1 saturated heterocycles. The highest BCUT2D eigenvalue weighted by Crippen LogP contribution is 2.20. The largest absolute Gasteiger partial charge is 0.480 e. The van der Waals surface area contributed by atoms with Crippen molar-refractivity contribution in [3.8, 4) is 0 Å². The number of nitrogens with zero attached hydrogens (tertiary/aromatic N) is 1. The maximum absolute atomic E-state index is 13.3. The number of carboxylic acid groups (broad SMARTS) is 1. The molecule has 7 nitrogen and oxygen atoms in total.